The van der Waals surface area contributed by atoms with Crippen LogP contribution in [0.3, 0.4) is 0 Å². The zero-order valence-electron chi connectivity index (χ0n) is 15.6. The van der Waals surface area contributed by atoms with Crippen LogP contribution in [-0.4, -0.2) is 13.4 Å². The second kappa shape index (κ2) is 7.67. The summed E-state index contributed by atoms with van der Waals surface area (Å²) in [6, 6.07) is 15.5. The fraction of sp³-hybridized carbons (Fsp3) is 0.0952. The van der Waals surface area contributed by atoms with Gasteiger partial charge >= 0.3 is 0 Å². The van der Waals surface area contributed by atoms with Crippen LogP contribution in [0.1, 0.15) is 11.1 Å². The number of aromatic nitrogens is 1. The summed E-state index contributed by atoms with van der Waals surface area (Å²) < 4.78 is 32.4. The second-order valence-corrected chi connectivity index (χ2v) is 9.84. The van der Waals surface area contributed by atoms with Crippen LogP contribution in [-0.2, 0) is 9.84 Å². The number of benzene rings is 2. The van der Waals surface area contributed by atoms with Crippen LogP contribution in [0.15, 0.2) is 74.3 Å². The monoisotopic (exact) mass is 444 g/mol. The fourth-order valence-electron chi connectivity index (χ4n) is 2.98. The molecule has 0 radical (unpaired) electrons. The van der Waals surface area contributed by atoms with E-state index >= 15 is 0 Å². The van der Waals surface area contributed by atoms with Crippen molar-refractivity contribution in [3.63, 3.8) is 0 Å². The predicted octanol–water partition coefficient (Wildman–Crippen LogP) is 6.25. The highest BCUT2D eigenvalue weighted by molar-refractivity contribution is 7.91. The Kier molecular flexibility index (Phi) is 5.21. The number of halogens is 1. The van der Waals surface area contributed by atoms with Gasteiger partial charge in [-0.25, -0.2) is 8.42 Å². The Morgan fingerprint density at radius 2 is 1.72 bits per heavy atom. The third-order valence-corrected chi connectivity index (χ3v) is 6.97. The summed E-state index contributed by atoms with van der Waals surface area (Å²) in [6.07, 6.45) is 0. The van der Waals surface area contributed by atoms with Gasteiger partial charge < -0.3 is 9.73 Å². The van der Waals surface area contributed by atoms with Crippen LogP contribution in [0.2, 0.25) is 5.02 Å². The minimum absolute atomic E-state index is 0.0772. The Hall–Kier alpha value is -2.61. The molecule has 0 aliphatic rings. The average molecular weight is 445 g/mol. The number of hydrogen-bond acceptors (Lipinski definition) is 6. The van der Waals surface area contributed by atoms with E-state index in [1.165, 1.54) is 35.6 Å². The van der Waals surface area contributed by atoms with Gasteiger partial charge in [0.05, 0.1) is 9.77 Å². The minimum Gasteiger partial charge on any atom is -0.418 e. The summed E-state index contributed by atoms with van der Waals surface area (Å²) in [7, 11) is -3.92. The van der Waals surface area contributed by atoms with E-state index in [1.807, 2.05) is 49.6 Å². The molecule has 4 rings (SSSR count). The SMILES string of the molecule is Cc1cc(C)cc(Nc2oc(-c3cccs3)nc2S(=O)(=O)c2ccc(Cl)cc2)c1. The van der Waals surface area contributed by atoms with E-state index in [2.05, 4.69) is 10.3 Å². The van der Waals surface area contributed by atoms with Crippen molar-refractivity contribution in [2.24, 2.45) is 0 Å². The third-order valence-electron chi connectivity index (χ3n) is 4.19. The van der Waals surface area contributed by atoms with Gasteiger partial charge in [0.25, 0.3) is 0 Å². The Morgan fingerprint density at radius 3 is 2.34 bits per heavy atom. The molecule has 2 heterocycles. The molecule has 0 saturated carbocycles. The summed E-state index contributed by atoms with van der Waals surface area (Å²) in [5.41, 5.74) is 2.82. The summed E-state index contributed by atoms with van der Waals surface area (Å²) in [4.78, 5) is 5.16. The number of aryl methyl sites for hydroxylation is 2. The smallest absolute Gasteiger partial charge is 0.240 e. The zero-order chi connectivity index (χ0) is 20.6. The fourth-order valence-corrected chi connectivity index (χ4v) is 5.01. The number of anilines is 2. The number of thiophene rings is 1. The van der Waals surface area contributed by atoms with Crippen LogP contribution in [0.4, 0.5) is 11.6 Å². The van der Waals surface area contributed by atoms with Crippen molar-refractivity contribution >= 4 is 44.3 Å². The maximum absolute atomic E-state index is 13.3. The standard InChI is InChI=1S/C21H17ClN2O3S2/c1-13-10-14(2)12-16(11-13)23-20-21(24-19(27-20)18-4-3-9-28-18)29(25,26)17-7-5-15(22)6-8-17/h3-12,23H,1-2H3. The van der Waals surface area contributed by atoms with Gasteiger partial charge in [0, 0.05) is 10.7 Å². The topological polar surface area (TPSA) is 72.2 Å². The van der Waals surface area contributed by atoms with Gasteiger partial charge in [-0.15, -0.1) is 11.3 Å². The molecule has 8 heteroatoms. The molecule has 0 unspecified atom stereocenters. The number of rotatable bonds is 5. The van der Waals surface area contributed by atoms with E-state index in [1.54, 1.807) is 0 Å². The molecule has 0 spiro atoms. The number of nitrogens with one attached hydrogen (secondary N) is 1. The quantitative estimate of drug-likeness (QED) is 0.394. The van der Waals surface area contributed by atoms with Crippen LogP contribution >= 0.6 is 22.9 Å². The van der Waals surface area contributed by atoms with Crippen LogP contribution in [0.25, 0.3) is 10.8 Å². The molecule has 148 valence electrons. The maximum Gasteiger partial charge on any atom is 0.240 e. The highest BCUT2D eigenvalue weighted by Gasteiger charge is 2.29. The largest absolute Gasteiger partial charge is 0.418 e. The van der Waals surface area contributed by atoms with Crippen molar-refractivity contribution < 1.29 is 12.8 Å². The zero-order valence-corrected chi connectivity index (χ0v) is 18.0. The van der Waals surface area contributed by atoms with Crippen LogP contribution in [0.5, 0.6) is 0 Å². The summed E-state index contributed by atoms with van der Waals surface area (Å²) >= 11 is 7.33. The highest BCUT2D eigenvalue weighted by atomic mass is 35.5. The Balaban J connectivity index is 1.84. The first-order chi connectivity index (χ1) is 13.8. The van der Waals surface area contributed by atoms with E-state index in [9.17, 15) is 8.42 Å². The molecule has 2 aromatic carbocycles. The van der Waals surface area contributed by atoms with E-state index < -0.39 is 9.84 Å². The first-order valence-corrected chi connectivity index (χ1v) is 11.5. The summed E-state index contributed by atoms with van der Waals surface area (Å²) in [5, 5.41) is 5.26. The molecule has 29 heavy (non-hydrogen) atoms. The van der Waals surface area contributed by atoms with Gasteiger partial charge in [-0.2, -0.15) is 4.98 Å². The number of oxazole rings is 1. The molecular formula is C21H17ClN2O3S2. The first kappa shape index (κ1) is 19.7. The molecule has 0 fully saturated rings. The Labute approximate surface area is 177 Å². The lowest BCUT2D eigenvalue weighted by atomic mass is 10.1. The van der Waals surface area contributed by atoms with Crippen LogP contribution in [0, 0.1) is 13.8 Å². The lowest BCUT2D eigenvalue weighted by molar-refractivity contribution is 0.582. The minimum atomic E-state index is -3.92. The first-order valence-electron chi connectivity index (χ1n) is 8.73. The Morgan fingerprint density at radius 1 is 1.03 bits per heavy atom. The molecular weight excluding hydrogens is 428 g/mol. The molecule has 0 atom stereocenters. The van der Waals surface area contributed by atoms with Crippen molar-refractivity contribution in [3.05, 3.63) is 76.1 Å². The average Bonchev–Trinajstić information content (AvgIpc) is 3.31. The Bertz CT molecular complexity index is 1240. The molecule has 0 saturated heterocycles. The van der Waals surface area contributed by atoms with E-state index in [0.29, 0.717) is 5.02 Å². The summed E-state index contributed by atoms with van der Waals surface area (Å²) in [6.45, 7) is 3.95. The number of hydrogen-bond donors (Lipinski definition) is 1. The molecule has 0 aliphatic carbocycles. The van der Waals surface area contributed by atoms with Gasteiger partial charge in [0.15, 0.2) is 0 Å². The number of sulfone groups is 1. The highest BCUT2D eigenvalue weighted by Crippen LogP contribution is 2.36. The predicted molar refractivity (Wildman–Crippen MR) is 116 cm³/mol. The van der Waals surface area contributed by atoms with Gasteiger partial charge in [0.2, 0.25) is 26.6 Å². The van der Waals surface area contributed by atoms with E-state index in [4.69, 9.17) is 16.0 Å². The van der Waals surface area contributed by atoms with E-state index in [-0.39, 0.29) is 21.7 Å². The molecule has 0 bridgehead atoms. The molecule has 2 aromatic heterocycles. The van der Waals surface area contributed by atoms with Crippen molar-refractivity contribution in [3.8, 4) is 10.8 Å². The van der Waals surface area contributed by atoms with Crippen molar-refractivity contribution in [1.82, 2.24) is 4.98 Å². The number of nitrogens with zero attached hydrogens (tertiary/aromatic N) is 1. The molecule has 1 N–H and O–H groups in total. The normalized spacial score (nSPS) is 11.6. The van der Waals surface area contributed by atoms with E-state index in [0.717, 1.165) is 21.7 Å². The molecule has 0 aliphatic heterocycles. The van der Waals surface area contributed by atoms with Gasteiger partial charge in [-0.1, -0.05) is 23.7 Å². The maximum atomic E-state index is 13.3. The van der Waals surface area contributed by atoms with Gasteiger partial charge in [-0.05, 0) is 72.8 Å². The van der Waals surface area contributed by atoms with Gasteiger partial charge in [0.1, 0.15) is 0 Å². The third kappa shape index (κ3) is 4.07. The van der Waals surface area contributed by atoms with Crippen molar-refractivity contribution in [2.45, 2.75) is 23.8 Å². The second-order valence-electron chi connectivity index (χ2n) is 6.59. The van der Waals surface area contributed by atoms with Crippen LogP contribution < -0.4 is 5.32 Å². The molecule has 0 amide bonds. The molecule has 4 aromatic rings. The lowest BCUT2D eigenvalue weighted by Gasteiger charge is -2.08. The lowest BCUT2D eigenvalue weighted by Crippen LogP contribution is -2.05. The molecule has 5 nitrogen and oxygen atoms in total. The van der Waals surface area contributed by atoms with Gasteiger partial charge in [-0.3, -0.25) is 0 Å². The summed E-state index contributed by atoms with van der Waals surface area (Å²) in [5.74, 6) is 0.327. The van der Waals surface area contributed by atoms with Crippen molar-refractivity contribution in [1.29, 1.82) is 0 Å². The van der Waals surface area contributed by atoms with Crippen molar-refractivity contribution in [2.75, 3.05) is 5.32 Å².